The molecule has 0 saturated heterocycles. The van der Waals surface area contributed by atoms with Gasteiger partial charge in [0.25, 0.3) is 0 Å². The highest BCUT2D eigenvalue weighted by Gasteiger charge is 2.21. The van der Waals surface area contributed by atoms with Crippen molar-refractivity contribution in [2.24, 2.45) is 0 Å². The standard InChI is InChI=1S/C45H26N4O2/c1-3-12-27(13-4-1)43-46-44(28-14-5-2-6-15-28)48-45(47-43)35-19-11-18-33-36-26-29(22-25-39(36)50-41(33)35)49-37-20-9-7-16-30(37)32-23-24-34-31-17-8-10-21-38(31)51-42(34)40(32)49/h1-26H. The van der Waals surface area contributed by atoms with E-state index in [1.54, 1.807) is 0 Å². The molecule has 0 radical (unpaired) electrons. The average molecular weight is 655 g/mol. The minimum Gasteiger partial charge on any atom is -0.455 e. The summed E-state index contributed by atoms with van der Waals surface area (Å²) in [5.74, 6) is 1.78. The Hall–Kier alpha value is -7.05. The van der Waals surface area contributed by atoms with Gasteiger partial charge in [0, 0.05) is 49.1 Å². The Morgan fingerprint density at radius 2 is 0.980 bits per heavy atom. The van der Waals surface area contributed by atoms with Gasteiger partial charge in [0.15, 0.2) is 23.1 Å². The third-order valence-electron chi connectivity index (χ3n) is 9.86. The van der Waals surface area contributed by atoms with Crippen LogP contribution in [0.1, 0.15) is 0 Å². The third-order valence-corrected chi connectivity index (χ3v) is 9.86. The van der Waals surface area contributed by atoms with Crippen molar-refractivity contribution in [2.75, 3.05) is 0 Å². The summed E-state index contributed by atoms with van der Waals surface area (Å²) in [5.41, 5.74) is 9.11. The zero-order valence-electron chi connectivity index (χ0n) is 27.1. The second-order valence-electron chi connectivity index (χ2n) is 12.8. The number of benzene rings is 7. The number of hydrogen-bond acceptors (Lipinski definition) is 5. The highest BCUT2D eigenvalue weighted by Crippen LogP contribution is 2.42. The summed E-state index contributed by atoms with van der Waals surface area (Å²) in [7, 11) is 0. The molecule has 0 N–H and O–H groups in total. The number of furan rings is 2. The van der Waals surface area contributed by atoms with Gasteiger partial charge in [-0.05, 0) is 42.5 Å². The molecule has 0 bridgehead atoms. The smallest absolute Gasteiger partial charge is 0.167 e. The second-order valence-corrected chi connectivity index (χ2v) is 12.8. The molecule has 11 rings (SSSR count). The maximum Gasteiger partial charge on any atom is 0.167 e. The highest BCUT2D eigenvalue weighted by atomic mass is 16.3. The first-order chi connectivity index (χ1) is 25.3. The summed E-state index contributed by atoms with van der Waals surface area (Å²) >= 11 is 0. The zero-order valence-corrected chi connectivity index (χ0v) is 27.1. The lowest BCUT2D eigenvalue weighted by atomic mass is 10.1. The first-order valence-electron chi connectivity index (χ1n) is 16.9. The lowest BCUT2D eigenvalue weighted by molar-refractivity contribution is 0.669. The molecule has 0 fully saturated rings. The van der Waals surface area contributed by atoms with E-state index in [0.717, 1.165) is 82.7 Å². The molecule has 0 saturated carbocycles. The number of nitrogens with zero attached hydrogens (tertiary/aromatic N) is 4. The Labute approximate surface area is 290 Å². The molecule has 0 atom stereocenters. The summed E-state index contributed by atoms with van der Waals surface area (Å²) in [4.78, 5) is 14.9. The zero-order chi connectivity index (χ0) is 33.5. The Morgan fingerprint density at radius 1 is 0.392 bits per heavy atom. The molecule has 51 heavy (non-hydrogen) atoms. The van der Waals surface area contributed by atoms with Crippen LogP contribution in [0.15, 0.2) is 167 Å². The molecule has 0 amide bonds. The van der Waals surface area contributed by atoms with Crippen LogP contribution in [0.4, 0.5) is 0 Å². The van der Waals surface area contributed by atoms with Gasteiger partial charge in [0.05, 0.1) is 16.6 Å². The molecule has 6 nitrogen and oxygen atoms in total. The Kier molecular flexibility index (Phi) is 5.86. The molecule has 0 aliphatic heterocycles. The topological polar surface area (TPSA) is 69.9 Å². The van der Waals surface area contributed by atoms with Crippen molar-refractivity contribution in [1.82, 2.24) is 19.5 Å². The van der Waals surface area contributed by atoms with E-state index >= 15 is 0 Å². The molecule has 238 valence electrons. The Morgan fingerprint density at radius 3 is 1.76 bits per heavy atom. The first kappa shape index (κ1) is 27.9. The van der Waals surface area contributed by atoms with Crippen molar-refractivity contribution >= 4 is 65.7 Å². The molecule has 7 aromatic carbocycles. The van der Waals surface area contributed by atoms with Crippen LogP contribution in [0.5, 0.6) is 0 Å². The van der Waals surface area contributed by atoms with Gasteiger partial charge in [-0.1, -0.05) is 115 Å². The molecule has 0 aliphatic rings. The number of aromatic nitrogens is 4. The molecular weight excluding hydrogens is 629 g/mol. The fourth-order valence-corrected chi connectivity index (χ4v) is 7.53. The van der Waals surface area contributed by atoms with Crippen molar-refractivity contribution in [3.8, 4) is 39.9 Å². The van der Waals surface area contributed by atoms with Crippen LogP contribution in [0.25, 0.3) is 106 Å². The van der Waals surface area contributed by atoms with Crippen LogP contribution in [-0.2, 0) is 0 Å². The van der Waals surface area contributed by atoms with Crippen LogP contribution in [0.2, 0.25) is 0 Å². The second kappa shape index (κ2) is 10.7. The molecule has 11 aromatic rings. The maximum absolute atomic E-state index is 6.66. The van der Waals surface area contributed by atoms with Gasteiger partial charge in [-0.3, -0.25) is 0 Å². The van der Waals surface area contributed by atoms with Gasteiger partial charge in [-0.15, -0.1) is 0 Å². The fourth-order valence-electron chi connectivity index (χ4n) is 7.53. The summed E-state index contributed by atoms with van der Waals surface area (Å²) < 4.78 is 15.6. The maximum atomic E-state index is 6.66. The van der Waals surface area contributed by atoms with Crippen molar-refractivity contribution in [1.29, 1.82) is 0 Å². The molecule has 4 aromatic heterocycles. The van der Waals surface area contributed by atoms with Crippen LogP contribution >= 0.6 is 0 Å². The monoisotopic (exact) mass is 654 g/mol. The predicted molar refractivity (Wildman–Crippen MR) is 205 cm³/mol. The fraction of sp³-hybridized carbons (Fsp3) is 0. The van der Waals surface area contributed by atoms with Crippen molar-refractivity contribution in [3.05, 3.63) is 158 Å². The molecule has 6 heteroatoms. The van der Waals surface area contributed by atoms with Gasteiger partial charge in [-0.2, -0.15) is 0 Å². The lowest BCUT2D eigenvalue weighted by Gasteiger charge is -2.09. The van der Waals surface area contributed by atoms with Gasteiger partial charge in [0.2, 0.25) is 0 Å². The van der Waals surface area contributed by atoms with Gasteiger partial charge in [-0.25, -0.2) is 15.0 Å². The number of para-hydroxylation sites is 3. The van der Waals surface area contributed by atoms with E-state index in [2.05, 4.69) is 77.4 Å². The van der Waals surface area contributed by atoms with E-state index in [1.165, 1.54) is 5.39 Å². The average Bonchev–Trinajstić information content (AvgIpc) is 3.88. The van der Waals surface area contributed by atoms with Crippen molar-refractivity contribution in [2.45, 2.75) is 0 Å². The van der Waals surface area contributed by atoms with E-state index < -0.39 is 0 Å². The highest BCUT2D eigenvalue weighted by molar-refractivity contribution is 6.21. The van der Waals surface area contributed by atoms with Crippen LogP contribution in [0, 0.1) is 0 Å². The summed E-state index contributed by atoms with van der Waals surface area (Å²) in [6.07, 6.45) is 0. The Bertz CT molecular complexity index is 3080. The quantitative estimate of drug-likeness (QED) is 0.189. The van der Waals surface area contributed by atoms with Gasteiger partial charge in [0.1, 0.15) is 16.7 Å². The predicted octanol–water partition coefficient (Wildman–Crippen LogP) is 11.8. The number of rotatable bonds is 4. The summed E-state index contributed by atoms with van der Waals surface area (Å²) in [6.45, 7) is 0. The number of fused-ring (bicyclic) bond motifs is 10. The molecule has 0 aliphatic carbocycles. The van der Waals surface area contributed by atoms with Crippen LogP contribution in [-0.4, -0.2) is 19.5 Å². The molecular formula is C45H26N4O2. The molecule has 0 spiro atoms. The van der Waals surface area contributed by atoms with E-state index in [1.807, 2.05) is 84.9 Å². The first-order valence-corrected chi connectivity index (χ1v) is 16.9. The SMILES string of the molecule is c1ccc(-c2nc(-c3ccccc3)nc(-c3cccc4c3oc3ccc(-n5c6ccccc6c6ccc7c8ccccc8oc7c65)cc34)n2)cc1. The minimum atomic E-state index is 0.558. The van der Waals surface area contributed by atoms with Gasteiger partial charge < -0.3 is 13.4 Å². The summed E-state index contributed by atoms with van der Waals surface area (Å²) in [6, 6.07) is 53.8. The van der Waals surface area contributed by atoms with E-state index in [9.17, 15) is 0 Å². The lowest BCUT2D eigenvalue weighted by Crippen LogP contribution is -2.00. The van der Waals surface area contributed by atoms with Crippen LogP contribution < -0.4 is 0 Å². The van der Waals surface area contributed by atoms with Crippen molar-refractivity contribution < 1.29 is 8.83 Å². The number of hydrogen-bond donors (Lipinski definition) is 0. The minimum absolute atomic E-state index is 0.558. The summed E-state index contributed by atoms with van der Waals surface area (Å²) in [5, 5.41) is 6.53. The van der Waals surface area contributed by atoms with Gasteiger partial charge >= 0.3 is 0 Å². The molecule has 0 unspecified atom stereocenters. The van der Waals surface area contributed by atoms with E-state index in [0.29, 0.717) is 17.5 Å². The Balaban J connectivity index is 1.15. The van der Waals surface area contributed by atoms with E-state index in [4.69, 9.17) is 23.8 Å². The van der Waals surface area contributed by atoms with Crippen molar-refractivity contribution in [3.63, 3.8) is 0 Å². The van der Waals surface area contributed by atoms with E-state index in [-0.39, 0.29) is 0 Å². The molecule has 4 heterocycles. The largest absolute Gasteiger partial charge is 0.455 e. The third kappa shape index (κ3) is 4.20. The normalized spacial score (nSPS) is 11.9. The van der Waals surface area contributed by atoms with Crippen LogP contribution in [0.3, 0.4) is 0 Å².